The lowest BCUT2D eigenvalue weighted by Crippen LogP contribution is -2.52. The molecule has 2 fully saturated rings. The van der Waals surface area contributed by atoms with Gasteiger partial charge in [0.15, 0.2) is 4.96 Å². The number of fused-ring (bicyclic) bond motifs is 1. The zero-order valence-corrected chi connectivity index (χ0v) is 15.9. The molecule has 2 saturated heterocycles. The lowest BCUT2D eigenvalue weighted by molar-refractivity contribution is -0.111. The fraction of sp³-hybridized carbons (Fsp3) is 0.421. The molecule has 136 valence electrons. The highest BCUT2D eigenvalue weighted by Gasteiger charge is 2.40. The van der Waals surface area contributed by atoms with Crippen molar-refractivity contribution in [2.45, 2.75) is 18.6 Å². The van der Waals surface area contributed by atoms with Gasteiger partial charge >= 0.3 is 0 Å². The van der Waals surface area contributed by atoms with Gasteiger partial charge in [0.2, 0.25) is 0 Å². The third kappa shape index (κ3) is 2.96. The average molecular weight is 390 g/mol. The number of nitrogens with zero attached hydrogens (tertiary/aromatic N) is 3. The molecule has 1 atom stereocenters. The van der Waals surface area contributed by atoms with Crippen LogP contribution in [-0.4, -0.2) is 52.8 Å². The van der Waals surface area contributed by atoms with E-state index >= 15 is 0 Å². The van der Waals surface area contributed by atoms with Gasteiger partial charge in [-0.05, 0) is 12.1 Å². The van der Waals surface area contributed by atoms with Crippen molar-refractivity contribution in [1.29, 1.82) is 0 Å². The molecule has 1 unspecified atom stereocenters. The predicted molar refractivity (Wildman–Crippen MR) is 103 cm³/mol. The summed E-state index contributed by atoms with van der Waals surface area (Å²) >= 11 is 7.73. The zero-order chi connectivity index (χ0) is 17.6. The Morgan fingerprint density at radius 1 is 1.23 bits per heavy atom. The standard InChI is InChI=1S/C19H20ClN3O2S/c20-15-3-1-14(2-4-15)17-16(23-7-10-26-18(23)21-17)11-22-6-9-25-19(12-22)5-8-24-13-19/h1-4,7,10H,5-6,8-9,11-13H2. The third-order valence-corrected chi connectivity index (χ3v) is 6.26. The van der Waals surface area contributed by atoms with Crippen LogP contribution in [0.25, 0.3) is 16.2 Å². The van der Waals surface area contributed by atoms with Crippen LogP contribution < -0.4 is 0 Å². The Labute approximate surface area is 161 Å². The number of thiazole rings is 1. The van der Waals surface area contributed by atoms with E-state index in [4.69, 9.17) is 26.1 Å². The lowest BCUT2D eigenvalue weighted by atomic mass is 10.0. The first-order valence-electron chi connectivity index (χ1n) is 8.87. The predicted octanol–water partition coefficient (Wildman–Crippen LogP) is 3.71. The minimum atomic E-state index is -0.128. The summed E-state index contributed by atoms with van der Waals surface area (Å²) in [7, 11) is 0. The maximum atomic E-state index is 6.07. The Morgan fingerprint density at radius 3 is 2.92 bits per heavy atom. The molecule has 1 aromatic carbocycles. The second kappa shape index (κ2) is 6.62. The second-order valence-corrected chi connectivity index (χ2v) is 8.32. The van der Waals surface area contributed by atoms with E-state index in [1.807, 2.05) is 24.3 Å². The fourth-order valence-electron chi connectivity index (χ4n) is 3.92. The van der Waals surface area contributed by atoms with Gasteiger partial charge in [-0.1, -0.05) is 23.7 Å². The van der Waals surface area contributed by atoms with Gasteiger partial charge in [-0.3, -0.25) is 9.30 Å². The molecule has 0 aliphatic carbocycles. The van der Waals surface area contributed by atoms with Gasteiger partial charge in [0.25, 0.3) is 0 Å². The van der Waals surface area contributed by atoms with E-state index in [0.29, 0.717) is 6.61 Å². The highest BCUT2D eigenvalue weighted by atomic mass is 35.5. The van der Waals surface area contributed by atoms with E-state index in [1.54, 1.807) is 11.3 Å². The molecule has 2 aliphatic heterocycles. The molecular formula is C19H20ClN3O2S. The van der Waals surface area contributed by atoms with Crippen molar-refractivity contribution in [2.75, 3.05) is 32.9 Å². The third-order valence-electron chi connectivity index (χ3n) is 5.25. The van der Waals surface area contributed by atoms with Gasteiger partial charge in [0.1, 0.15) is 5.60 Å². The Bertz CT molecular complexity index is 915. The van der Waals surface area contributed by atoms with Crippen LogP contribution in [0.5, 0.6) is 0 Å². The molecule has 2 aliphatic rings. The first-order chi connectivity index (χ1) is 12.7. The van der Waals surface area contributed by atoms with Gasteiger partial charge < -0.3 is 9.47 Å². The monoisotopic (exact) mass is 389 g/mol. The molecule has 0 amide bonds. The number of benzene rings is 1. The summed E-state index contributed by atoms with van der Waals surface area (Å²) < 4.78 is 13.9. The summed E-state index contributed by atoms with van der Waals surface area (Å²) in [5.74, 6) is 0. The van der Waals surface area contributed by atoms with Crippen LogP contribution in [-0.2, 0) is 16.0 Å². The second-order valence-electron chi connectivity index (χ2n) is 7.01. The summed E-state index contributed by atoms with van der Waals surface area (Å²) in [4.78, 5) is 8.38. The quantitative estimate of drug-likeness (QED) is 0.684. The van der Waals surface area contributed by atoms with Gasteiger partial charge in [-0.2, -0.15) is 0 Å². The smallest absolute Gasteiger partial charge is 0.194 e. The molecule has 0 radical (unpaired) electrons. The largest absolute Gasteiger partial charge is 0.378 e. The van der Waals surface area contributed by atoms with Crippen molar-refractivity contribution in [2.24, 2.45) is 0 Å². The van der Waals surface area contributed by atoms with Crippen LogP contribution in [0.1, 0.15) is 12.1 Å². The molecule has 0 saturated carbocycles. The van der Waals surface area contributed by atoms with Crippen molar-refractivity contribution < 1.29 is 9.47 Å². The fourth-order valence-corrected chi connectivity index (χ4v) is 4.78. The molecule has 5 nitrogen and oxygen atoms in total. The van der Waals surface area contributed by atoms with Crippen LogP contribution in [0.4, 0.5) is 0 Å². The van der Waals surface area contributed by atoms with Crippen LogP contribution in [0.15, 0.2) is 35.8 Å². The van der Waals surface area contributed by atoms with Crippen molar-refractivity contribution in [1.82, 2.24) is 14.3 Å². The van der Waals surface area contributed by atoms with Crippen LogP contribution in [0.3, 0.4) is 0 Å². The topological polar surface area (TPSA) is 39.0 Å². The number of morpholine rings is 1. The van der Waals surface area contributed by atoms with E-state index in [0.717, 1.165) is 60.5 Å². The molecule has 0 bridgehead atoms. The first-order valence-corrected chi connectivity index (χ1v) is 10.1. The van der Waals surface area contributed by atoms with Crippen LogP contribution >= 0.6 is 22.9 Å². The number of aromatic nitrogens is 2. The highest BCUT2D eigenvalue weighted by Crippen LogP contribution is 2.32. The highest BCUT2D eigenvalue weighted by molar-refractivity contribution is 7.15. The molecule has 0 N–H and O–H groups in total. The number of imidazole rings is 1. The van der Waals surface area contributed by atoms with E-state index < -0.39 is 0 Å². The van der Waals surface area contributed by atoms with Crippen molar-refractivity contribution in [3.63, 3.8) is 0 Å². The minimum Gasteiger partial charge on any atom is -0.378 e. The van der Waals surface area contributed by atoms with E-state index in [2.05, 4.69) is 20.9 Å². The Balaban J connectivity index is 1.48. The van der Waals surface area contributed by atoms with Gasteiger partial charge in [-0.25, -0.2) is 4.98 Å². The molecule has 1 spiro atoms. The minimum absolute atomic E-state index is 0.128. The Hall–Kier alpha value is -1.44. The zero-order valence-electron chi connectivity index (χ0n) is 14.4. The van der Waals surface area contributed by atoms with Crippen molar-refractivity contribution in [3.8, 4) is 11.3 Å². The summed E-state index contributed by atoms with van der Waals surface area (Å²) in [5.41, 5.74) is 3.24. The summed E-state index contributed by atoms with van der Waals surface area (Å²) in [6, 6.07) is 7.94. The number of halogens is 1. The van der Waals surface area contributed by atoms with Gasteiger partial charge in [0.05, 0.1) is 24.6 Å². The van der Waals surface area contributed by atoms with Crippen LogP contribution in [0.2, 0.25) is 5.02 Å². The molecule has 2 aromatic heterocycles. The Morgan fingerprint density at radius 2 is 2.12 bits per heavy atom. The maximum absolute atomic E-state index is 6.07. The summed E-state index contributed by atoms with van der Waals surface area (Å²) in [5, 5.41) is 2.83. The molecule has 3 aromatic rings. The molecular weight excluding hydrogens is 370 g/mol. The number of hydrogen-bond acceptors (Lipinski definition) is 5. The molecule has 7 heteroatoms. The lowest BCUT2D eigenvalue weighted by Gasteiger charge is -2.39. The Kier molecular flexibility index (Phi) is 4.26. The van der Waals surface area contributed by atoms with Crippen LogP contribution in [0, 0.1) is 0 Å². The van der Waals surface area contributed by atoms with Gasteiger partial charge in [0, 0.05) is 54.8 Å². The van der Waals surface area contributed by atoms with E-state index in [-0.39, 0.29) is 5.60 Å². The number of rotatable bonds is 3. The van der Waals surface area contributed by atoms with E-state index in [1.165, 1.54) is 5.69 Å². The molecule has 26 heavy (non-hydrogen) atoms. The van der Waals surface area contributed by atoms with Gasteiger partial charge in [-0.15, -0.1) is 11.3 Å². The SMILES string of the molecule is Clc1ccc(-c2nc3sccn3c2CN2CCOC3(CCOC3)C2)cc1. The maximum Gasteiger partial charge on any atom is 0.194 e. The van der Waals surface area contributed by atoms with E-state index in [9.17, 15) is 0 Å². The summed E-state index contributed by atoms with van der Waals surface area (Å²) in [6.45, 7) is 4.94. The number of hydrogen-bond donors (Lipinski definition) is 0. The first kappa shape index (κ1) is 16.7. The normalized spacial score (nSPS) is 24.0. The average Bonchev–Trinajstić information content (AvgIpc) is 3.35. The summed E-state index contributed by atoms with van der Waals surface area (Å²) in [6.07, 6.45) is 3.09. The molecule has 5 rings (SSSR count). The van der Waals surface area contributed by atoms with Crippen molar-refractivity contribution in [3.05, 3.63) is 46.6 Å². The van der Waals surface area contributed by atoms with Crippen molar-refractivity contribution >= 4 is 27.9 Å². The number of ether oxygens (including phenoxy) is 2. The molecule has 4 heterocycles.